The zero-order valence-corrected chi connectivity index (χ0v) is 16.4. The van der Waals surface area contributed by atoms with Gasteiger partial charge in [0.2, 0.25) is 0 Å². The van der Waals surface area contributed by atoms with Gasteiger partial charge in [-0.2, -0.15) is 0 Å². The Bertz CT molecular complexity index is 1010. The number of pyridine rings is 1. The number of ether oxygens (including phenoxy) is 2. The number of benzene rings is 3. The Morgan fingerprint density at radius 1 is 0.621 bits per heavy atom. The predicted molar refractivity (Wildman–Crippen MR) is 117 cm³/mol. The Labute approximate surface area is 171 Å². The quantitative estimate of drug-likeness (QED) is 0.396. The molecule has 0 spiro atoms. The number of nitrogens with zero attached hydrogens (tertiary/aromatic N) is 2. The zero-order chi connectivity index (χ0) is 20.1. The van der Waals surface area contributed by atoms with Crippen molar-refractivity contribution in [3.63, 3.8) is 0 Å². The minimum atomic E-state index is 0.825. The van der Waals surface area contributed by atoms with E-state index in [0.29, 0.717) is 0 Å². The molecule has 0 amide bonds. The number of rotatable bonds is 6. The van der Waals surface area contributed by atoms with Gasteiger partial charge in [0.25, 0.3) is 0 Å². The Hall–Kier alpha value is -3.79. The highest BCUT2D eigenvalue weighted by Gasteiger charge is 2.14. The second-order valence-electron chi connectivity index (χ2n) is 6.50. The Kier molecular flexibility index (Phi) is 5.43. The van der Waals surface area contributed by atoms with Crippen LogP contribution in [0.5, 0.6) is 11.5 Å². The van der Waals surface area contributed by atoms with Crippen molar-refractivity contribution in [2.24, 2.45) is 0 Å². The van der Waals surface area contributed by atoms with Crippen LogP contribution in [0.15, 0.2) is 97.2 Å². The van der Waals surface area contributed by atoms with Crippen molar-refractivity contribution in [3.8, 4) is 22.8 Å². The van der Waals surface area contributed by atoms with Gasteiger partial charge in [0.05, 0.1) is 19.9 Å². The van der Waals surface area contributed by atoms with Crippen molar-refractivity contribution in [1.82, 2.24) is 4.98 Å². The van der Waals surface area contributed by atoms with Crippen LogP contribution >= 0.6 is 0 Å². The molecule has 0 saturated heterocycles. The van der Waals surface area contributed by atoms with Crippen LogP contribution in [0, 0.1) is 0 Å². The van der Waals surface area contributed by atoms with Crippen molar-refractivity contribution < 1.29 is 9.47 Å². The molecule has 0 aliphatic carbocycles. The van der Waals surface area contributed by atoms with Gasteiger partial charge in [0.1, 0.15) is 11.5 Å². The maximum atomic E-state index is 5.32. The average molecular weight is 382 g/mol. The minimum Gasteiger partial charge on any atom is -0.497 e. The fraction of sp³-hybridized carbons (Fsp3) is 0.0800. The van der Waals surface area contributed by atoms with E-state index in [0.717, 1.165) is 39.8 Å². The first-order valence-electron chi connectivity index (χ1n) is 9.38. The summed E-state index contributed by atoms with van der Waals surface area (Å²) in [6, 6.07) is 30.4. The SMILES string of the molecule is COc1ccc(N(c2ccc(OC)cc2)c2cccc(-c3ccccn3)c2)cc1. The molecule has 144 valence electrons. The lowest BCUT2D eigenvalue weighted by Crippen LogP contribution is -2.10. The summed E-state index contributed by atoms with van der Waals surface area (Å²) in [5.41, 5.74) is 5.13. The van der Waals surface area contributed by atoms with E-state index in [1.54, 1.807) is 14.2 Å². The fourth-order valence-corrected chi connectivity index (χ4v) is 3.25. The number of anilines is 3. The molecule has 3 aromatic carbocycles. The number of hydrogen-bond acceptors (Lipinski definition) is 4. The van der Waals surface area contributed by atoms with E-state index >= 15 is 0 Å². The maximum Gasteiger partial charge on any atom is 0.119 e. The third-order valence-corrected chi connectivity index (χ3v) is 4.73. The molecule has 4 nitrogen and oxygen atoms in total. The fourth-order valence-electron chi connectivity index (χ4n) is 3.25. The summed E-state index contributed by atoms with van der Waals surface area (Å²) in [5.74, 6) is 1.65. The van der Waals surface area contributed by atoms with Gasteiger partial charge in [-0.15, -0.1) is 0 Å². The molecule has 0 saturated carbocycles. The van der Waals surface area contributed by atoms with Crippen LogP contribution in [0.25, 0.3) is 11.3 Å². The zero-order valence-electron chi connectivity index (χ0n) is 16.4. The molecule has 1 aromatic heterocycles. The first kappa shape index (κ1) is 18.6. The number of aromatic nitrogens is 1. The summed E-state index contributed by atoms with van der Waals surface area (Å²) >= 11 is 0. The van der Waals surface area contributed by atoms with Crippen molar-refractivity contribution in [3.05, 3.63) is 97.2 Å². The van der Waals surface area contributed by atoms with E-state index in [4.69, 9.17) is 9.47 Å². The molecule has 4 aromatic rings. The molecule has 1 heterocycles. The van der Waals surface area contributed by atoms with Crippen LogP contribution in [-0.4, -0.2) is 19.2 Å². The summed E-state index contributed by atoms with van der Waals surface area (Å²) < 4.78 is 10.6. The highest BCUT2D eigenvalue weighted by molar-refractivity contribution is 5.79. The first-order chi connectivity index (χ1) is 14.3. The topological polar surface area (TPSA) is 34.6 Å². The Morgan fingerprint density at radius 2 is 1.24 bits per heavy atom. The lowest BCUT2D eigenvalue weighted by atomic mass is 10.1. The highest BCUT2D eigenvalue weighted by atomic mass is 16.5. The van der Waals surface area contributed by atoms with Gasteiger partial charge in [-0.25, -0.2) is 0 Å². The van der Waals surface area contributed by atoms with Crippen LogP contribution in [0.3, 0.4) is 0 Å². The first-order valence-corrected chi connectivity index (χ1v) is 9.38. The third-order valence-electron chi connectivity index (χ3n) is 4.73. The van der Waals surface area contributed by atoms with Crippen molar-refractivity contribution >= 4 is 17.1 Å². The second-order valence-corrected chi connectivity index (χ2v) is 6.50. The van der Waals surface area contributed by atoms with Crippen LogP contribution < -0.4 is 14.4 Å². The Morgan fingerprint density at radius 3 is 1.76 bits per heavy atom. The smallest absolute Gasteiger partial charge is 0.119 e. The van der Waals surface area contributed by atoms with Crippen LogP contribution in [0.1, 0.15) is 0 Å². The summed E-state index contributed by atoms with van der Waals surface area (Å²) in [6.07, 6.45) is 1.81. The molecule has 0 radical (unpaired) electrons. The molecule has 0 aliphatic rings. The average Bonchev–Trinajstić information content (AvgIpc) is 2.81. The predicted octanol–water partition coefficient (Wildman–Crippen LogP) is 6.24. The molecule has 0 N–H and O–H groups in total. The van der Waals surface area contributed by atoms with Gasteiger partial charge in [-0.05, 0) is 72.8 Å². The molecule has 0 aliphatic heterocycles. The highest BCUT2D eigenvalue weighted by Crippen LogP contribution is 2.37. The maximum absolute atomic E-state index is 5.32. The van der Waals surface area contributed by atoms with Gasteiger partial charge >= 0.3 is 0 Å². The monoisotopic (exact) mass is 382 g/mol. The molecule has 0 bridgehead atoms. The lowest BCUT2D eigenvalue weighted by Gasteiger charge is -2.26. The Balaban J connectivity index is 1.81. The van der Waals surface area contributed by atoms with Crippen LogP contribution in [0.2, 0.25) is 0 Å². The van der Waals surface area contributed by atoms with E-state index < -0.39 is 0 Å². The second kappa shape index (κ2) is 8.48. The van der Waals surface area contributed by atoms with Crippen LogP contribution in [-0.2, 0) is 0 Å². The van der Waals surface area contributed by atoms with Crippen molar-refractivity contribution in [2.75, 3.05) is 19.1 Å². The normalized spacial score (nSPS) is 10.4. The molecule has 0 atom stereocenters. The number of hydrogen-bond donors (Lipinski definition) is 0. The van der Waals surface area contributed by atoms with Gasteiger partial charge < -0.3 is 14.4 Å². The van der Waals surface area contributed by atoms with Crippen molar-refractivity contribution in [2.45, 2.75) is 0 Å². The van der Waals surface area contributed by atoms with E-state index in [1.807, 2.05) is 48.7 Å². The standard InChI is InChI=1S/C25H22N2O2/c1-28-23-13-9-20(10-14-23)27(21-11-15-24(29-2)16-12-21)22-7-5-6-19(18-22)25-8-3-4-17-26-25/h3-18H,1-2H3. The lowest BCUT2D eigenvalue weighted by molar-refractivity contribution is 0.415. The summed E-state index contributed by atoms with van der Waals surface area (Å²) in [5, 5.41) is 0. The largest absolute Gasteiger partial charge is 0.497 e. The molecular weight excluding hydrogens is 360 g/mol. The molecule has 4 rings (SSSR count). The molecule has 29 heavy (non-hydrogen) atoms. The van der Waals surface area contributed by atoms with Crippen LogP contribution in [0.4, 0.5) is 17.1 Å². The molecular formula is C25H22N2O2. The number of methoxy groups -OCH3 is 2. The summed E-state index contributed by atoms with van der Waals surface area (Å²) in [6.45, 7) is 0. The van der Waals surface area contributed by atoms with Gasteiger partial charge in [0, 0.05) is 28.8 Å². The molecule has 4 heteroatoms. The van der Waals surface area contributed by atoms with E-state index in [-0.39, 0.29) is 0 Å². The van der Waals surface area contributed by atoms with Gasteiger partial charge in [-0.1, -0.05) is 18.2 Å². The third kappa shape index (κ3) is 4.06. The van der Waals surface area contributed by atoms with E-state index in [9.17, 15) is 0 Å². The minimum absolute atomic E-state index is 0.825. The molecule has 0 unspecified atom stereocenters. The van der Waals surface area contributed by atoms with Crippen molar-refractivity contribution in [1.29, 1.82) is 0 Å². The molecule has 0 fully saturated rings. The van der Waals surface area contributed by atoms with E-state index in [1.165, 1.54) is 0 Å². The van der Waals surface area contributed by atoms with E-state index in [2.05, 4.69) is 58.4 Å². The summed E-state index contributed by atoms with van der Waals surface area (Å²) in [4.78, 5) is 6.69. The van der Waals surface area contributed by atoms with Gasteiger partial charge in [-0.3, -0.25) is 4.98 Å². The summed E-state index contributed by atoms with van der Waals surface area (Å²) in [7, 11) is 3.35. The van der Waals surface area contributed by atoms with Gasteiger partial charge in [0.15, 0.2) is 0 Å².